The quantitative estimate of drug-likeness (QED) is 0.690. The Morgan fingerprint density at radius 1 is 1.03 bits per heavy atom. The van der Waals surface area contributed by atoms with Crippen molar-refractivity contribution in [1.29, 1.82) is 0 Å². The summed E-state index contributed by atoms with van der Waals surface area (Å²) in [6.45, 7) is 4.55. The predicted octanol–water partition coefficient (Wildman–Crippen LogP) is 3.65. The van der Waals surface area contributed by atoms with Gasteiger partial charge in [-0.2, -0.15) is 4.31 Å². The van der Waals surface area contributed by atoms with Crippen LogP contribution in [0.5, 0.6) is 0 Å². The third kappa shape index (κ3) is 4.97. The first kappa shape index (κ1) is 21.3. The van der Waals surface area contributed by atoms with Crippen molar-refractivity contribution in [2.45, 2.75) is 44.4 Å². The molecule has 0 atom stereocenters. The van der Waals surface area contributed by atoms with Crippen molar-refractivity contribution in [3.05, 3.63) is 53.6 Å². The van der Waals surface area contributed by atoms with Gasteiger partial charge in [-0.25, -0.2) is 8.42 Å². The van der Waals surface area contributed by atoms with Gasteiger partial charge >= 0.3 is 0 Å². The fourth-order valence-electron chi connectivity index (χ4n) is 3.77. The first-order valence-electron chi connectivity index (χ1n) is 10.2. The molecule has 0 spiro atoms. The summed E-state index contributed by atoms with van der Waals surface area (Å²) < 4.78 is 26.8. The lowest BCUT2D eigenvalue weighted by Gasteiger charge is -2.20. The number of rotatable bonds is 8. The molecule has 29 heavy (non-hydrogen) atoms. The van der Waals surface area contributed by atoms with E-state index in [4.69, 9.17) is 0 Å². The topological polar surface area (TPSA) is 78.5 Å². The van der Waals surface area contributed by atoms with Crippen LogP contribution in [-0.2, 0) is 27.7 Å². The van der Waals surface area contributed by atoms with Crippen molar-refractivity contribution in [3.63, 3.8) is 0 Å². The van der Waals surface area contributed by atoms with Gasteiger partial charge in [0.2, 0.25) is 15.9 Å². The molecule has 0 heterocycles. The maximum absolute atomic E-state index is 12.7. The minimum absolute atomic E-state index is 0.128. The number of carbonyl (C=O) groups excluding carboxylic acids is 1. The minimum Gasteiger partial charge on any atom is -0.376 e. The molecule has 6 nitrogen and oxygen atoms in total. The molecule has 0 saturated heterocycles. The Kier molecular flexibility index (Phi) is 6.92. The Labute approximate surface area is 173 Å². The van der Waals surface area contributed by atoms with Gasteiger partial charge in [0.1, 0.15) is 0 Å². The fourth-order valence-corrected chi connectivity index (χ4v) is 5.28. The Morgan fingerprint density at radius 2 is 1.76 bits per heavy atom. The monoisotopic (exact) mass is 415 g/mol. The summed E-state index contributed by atoms with van der Waals surface area (Å²) >= 11 is 0. The van der Waals surface area contributed by atoms with E-state index in [1.807, 2.05) is 12.1 Å². The molecule has 156 valence electrons. The molecule has 0 bridgehead atoms. The smallest absolute Gasteiger partial charge is 0.243 e. The summed E-state index contributed by atoms with van der Waals surface area (Å²) in [4.78, 5) is 12.6. The van der Waals surface area contributed by atoms with E-state index < -0.39 is 10.0 Å². The van der Waals surface area contributed by atoms with Gasteiger partial charge in [0.15, 0.2) is 0 Å². The molecule has 1 aliphatic rings. The van der Waals surface area contributed by atoms with E-state index in [1.54, 1.807) is 32.0 Å². The van der Waals surface area contributed by atoms with E-state index in [2.05, 4.69) is 16.7 Å². The largest absolute Gasteiger partial charge is 0.376 e. The highest BCUT2D eigenvalue weighted by Gasteiger charge is 2.22. The molecule has 2 N–H and O–H groups in total. The summed E-state index contributed by atoms with van der Waals surface area (Å²) in [5.74, 6) is -0.212. The standard InChI is InChI=1S/C22H29N3O3S/c1-3-25(4-2)29(27,28)19-12-8-11-18(15-19)24-22(26)16-23-21-14-7-10-17-9-5-6-13-20(17)21/h7-8,10-12,14-15,23H,3-6,9,13,16H2,1-2H3,(H,24,26). The second-order valence-electron chi connectivity index (χ2n) is 7.17. The first-order chi connectivity index (χ1) is 14.0. The summed E-state index contributed by atoms with van der Waals surface area (Å²) in [5, 5.41) is 6.03. The minimum atomic E-state index is -3.56. The fraction of sp³-hybridized carbons (Fsp3) is 0.409. The molecular weight excluding hydrogens is 386 g/mol. The molecule has 0 fully saturated rings. The zero-order valence-electron chi connectivity index (χ0n) is 17.1. The van der Waals surface area contributed by atoms with Crippen molar-refractivity contribution in [2.24, 2.45) is 0 Å². The van der Waals surface area contributed by atoms with E-state index >= 15 is 0 Å². The van der Waals surface area contributed by atoms with Gasteiger partial charge in [0, 0.05) is 24.5 Å². The molecule has 3 rings (SSSR count). The molecule has 0 saturated carbocycles. The summed E-state index contributed by atoms with van der Waals surface area (Å²) in [5.41, 5.74) is 4.14. The number of fused-ring (bicyclic) bond motifs is 1. The van der Waals surface area contributed by atoms with Crippen molar-refractivity contribution in [2.75, 3.05) is 30.3 Å². The number of amides is 1. The van der Waals surface area contributed by atoms with Crippen LogP contribution >= 0.6 is 0 Å². The zero-order chi connectivity index (χ0) is 20.9. The van der Waals surface area contributed by atoms with Gasteiger partial charge < -0.3 is 10.6 Å². The third-order valence-corrected chi connectivity index (χ3v) is 7.34. The third-order valence-electron chi connectivity index (χ3n) is 5.30. The normalized spacial score (nSPS) is 13.8. The van der Waals surface area contributed by atoms with Crippen LogP contribution in [0.15, 0.2) is 47.4 Å². The average Bonchev–Trinajstić information content (AvgIpc) is 2.73. The molecule has 2 aromatic rings. The summed E-state index contributed by atoms with van der Waals surface area (Å²) in [7, 11) is -3.56. The second-order valence-corrected chi connectivity index (χ2v) is 9.11. The Morgan fingerprint density at radius 3 is 2.52 bits per heavy atom. The second kappa shape index (κ2) is 9.41. The summed E-state index contributed by atoms with van der Waals surface area (Å²) in [6, 6.07) is 12.6. The predicted molar refractivity (Wildman–Crippen MR) is 117 cm³/mol. The Hall–Kier alpha value is -2.38. The van der Waals surface area contributed by atoms with E-state index in [9.17, 15) is 13.2 Å². The van der Waals surface area contributed by atoms with E-state index in [0.717, 1.165) is 18.5 Å². The number of nitrogens with one attached hydrogen (secondary N) is 2. The van der Waals surface area contributed by atoms with Crippen molar-refractivity contribution < 1.29 is 13.2 Å². The van der Waals surface area contributed by atoms with Gasteiger partial charge in [-0.1, -0.05) is 32.0 Å². The molecule has 0 unspecified atom stereocenters. The average molecular weight is 416 g/mol. The number of benzene rings is 2. The molecule has 1 amide bonds. The molecule has 0 radical (unpaired) electrons. The molecular formula is C22H29N3O3S. The van der Waals surface area contributed by atoms with Gasteiger partial charge in [-0.15, -0.1) is 0 Å². The summed E-state index contributed by atoms with van der Waals surface area (Å²) in [6.07, 6.45) is 4.51. The van der Waals surface area contributed by atoms with Crippen LogP contribution in [0.1, 0.15) is 37.8 Å². The van der Waals surface area contributed by atoms with Crippen LogP contribution in [0.25, 0.3) is 0 Å². The lowest BCUT2D eigenvalue weighted by Crippen LogP contribution is -2.30. The van der Waals surface area contributed by atoms with Gasteiger partial charge in [-0.3, -0.25) is 4.79 Å². The highest BCUT2D eigenvalue weighted by Crippen LogP contribution is 2.27. The number of carbonyl (C=O) groups is 1. The van der Waals surface area contributed by atoms with Crippen LogP contribution in [-0.4, -0.2) is 38.3 Å². The van der Waals surface area contributed by atoms with E-state index in [1.165, 1.54) is 34.3 Å². The number of sulfonamides is 1. The van der Waals surface area contributed by atoms with Crippen molar-refractivity contribution >= 4 is 27.3 Å². The maximum atomic E-state index is 12.7. The SMILES string of the molecule is CCN(CC)S(=O)(=O)c1cccc(NC(=O)CNc2cccc3c2CCCC3)c1. The Bertz CT molecular complexity index is 969. The molecule has 7 heteroatoms. The number of hydrogen-bond donors (Lipinski definition) is 2. The molecule has 1 aliphatic carbocycles. The van der Waals surface area contributed by atoms with Gasteiger partial charge in [0.05, 0.1) is 11.4 Å². The van der Waals surface area contributed by atoms with Gasteiger partial charge in [0.25, 0.3) is 0 Å². The lowest BCUT2D eigenvalue weighted by molar-refractivity contribution is -0.114. The highest BCUT2D eigenvalue weighted by atomic mass is 32.2. The van der Waals surface area contributed by atoms with Crippen LogP contribution in [0.3, 0.4) is 0 Å². The lowest BCUT2D eigenvalue weighted by atomic mass is 9.90. The van der Waals surface area contributed by atoms with Crippen LogP contribution in [0.2, 0.25) is 0 Å². The van der Waals surface area contributed by atoms with E-state index in [-0.39, 0.29) is 17.3 Å². The number of hydrogen-bond acceptors (Lipinski definition) is 4. The van der Waals surface area contributed by atoms with Crippen LogP contribution in [0, 0.1) is 0 Å². The van der Waals surface area contributed by atoms with Crippen molar-refractivity contribution in [1.82, 2.24) is 4.31 Å². The first-order valence-corrected chi connectivity index (χ1v) is 11.6. The van der Waals surface area contributed by atoms with Crippen LogP contribution < -0.4 is 10.6 Å². The van der Waals surface area contributed by atoms with E-state index in [0.29, 0.717) is 18.8 Å². The number of anilines is 2. The zero-order valence-corrected chi connectivity index (χ0v) is 17.9. The van der Waals surface area contributed by atoms with Crippen LogP contribution in [0.4, 0.5) is 11.4 Å². The molecule has 0 aliphatic heterocycles. The molecule has 0 aromatic heterocycles. The number of aryl methyl sites for hydroxylation is 1. The maximum Gasteiger partial charge on any atom is 0.243 e. The molecule has 2 aromatic carbocycles. The Balaban J connectivity index is 1.66. The number of nitrogens with zero attached hydrogens (tertiary/aromatic N) is 1. The van der Waals surface area contributed by atoms with Crippen molar-refractivity contribution in [3.8, 4) is 0 Å². The van der Waals surface area contributed by atoms with Gasteiger partial charge in [-0.05, 0) is 61.1 Å². The highest BCUT2D eigenvalue weighted by molar-refractivity contribution is 7.89.